The van der Waals surface area contributed by atoms with Crippen molar-refractivity contribution < 1.29 is 9.47 Å². The molecule has 1 atom stereocenters. The van der Waals surface area contributed by atoms with Crippen molar-refractivity contribution in [2.45, 2.75) is 26.7 Å². The van der Waals surface area contributed by atoms with E-state index in [1.165, 1.54) is 0 Å². The third kappa shape index (κ3) is 3.18. The molecule has 0 saturated heterocycles. The number of ether oxygens (including phenoxy) is 2. The molecule has 2 aromatic rings. The van der Waals surface area contributed by atoms with Gasteiger partial charge in [0.25, 0.3) is 0 Å². The number of fused-ring (bicyclic) bond motifs is 1. The third-order valence-electron chi connectivity index (χ3n) is 4.53. The molecule has 1 N–H and O–H groups in total. The van der Waals surface area contributed by atoms with Gasteiger partial charge in [-0.25, -0.2) is 4.98 Å². The number of benzene rings is 1. The first-order valence-corrected chi connectivity index (χ1v) is 8.64. The van der Waals surface area contributed by atoms with Crippen LogP contribution in [0.25, 0.3) is 0 Å². The first kappa shape index (κ1) is 18.3. The standard InChI is InChI=1S/C21H20N4O2/c1-5-27-21-20-17(8-12(2)24-21)25-13(3)16(11-23)19(20)15-7-6-14(10-22)9-18(15)26-4/h6-9,19,25H,5H2,1-4H3. The summed E-state index contributed by atoms with van der Waals surface area (Å²) in [7, 11) is 1.56. The second-order valence-corrected chi connectivity index (χ2v) is 6.24. The molecule has 1 unspecified atom stereocenters. The van der Waals surface area contributed by atoms with Crippen LogP contribution in [0.2, 0.25) is 0 Å². The van der Waals surface area contributed by atoms with Gasteiger partial charge in [-0.15, -0.1) is 0 Å². The van der Waals surface area contributed by atoms with Gasteiger partial charge in [0.1, 0.15) is 5.75 Å². The van der Waals surface area contributed by atoms with Crippen LogP contribution in [0.15, 0.2) is 35.5 Å². The van der Waals surface area contributed by atoms with Gasteiger partial charge in [-0.2, -0.15) is 10.5 Å². The molecule has 1 aliphatic rings. The summed E-state index contributed by atoms with van der Waals surface area (Å²) in [4.78, 5) is 4.55. The summed E-state index contributed by atoms with van der Waals surface area (Å²) in [5, 5.41) is 22.4. The Morgan fingerprint density at radius 2 is 1.96 bits per heavy atom. The molecule has 136 valence electrons. The minimum absolute atomic E-state index is 0.399. The molecule has 27 heavy (non-hydrogen) atoms. The van der Waals surface area contributed by atoms with Crippen molar-refractivity contribution in [2.24, 2.45) is 0 Å². The highest BCUT2D eigenvalue weighted by atomic mass is 16.5. The van der Waals surface area contributed by atoms with E-state index in [4.69, 9.17) is 9.47 Å². The average Bonchev–Trinajstić information content (AvgIpc) is 2.66. The van der Waals surface area contributed by atoms with Crippen molar-refractivity contribution in [2.75, 3.05) is 19.0 Å². The van der Waals surface area contributed by atoms with Crippen LogP contribution in [0.4, 0.5) is 5.69 Å². The summed E-state index contributed by atoms with van der Waals surface area (Å²) in [5.41, 5.74) is 5.11. The first-order chi connectivity index (χ1) is 13.0. The van der Waals surface area contributed by atoms with E-state index >= 15 is 0 Å². The fourth-order valence-corrected chi connectivity index (χ4v) is 3.39. The number of nitrogens with one attached hydrogen (secondary N) is 1. The van der Waals surface area contributed by atoms with Crippen LogP contribution in [0, 0.1) is 29.6 Å². The Morgan fingerprint density at radius 1 is 1.19 bits per heavy atom. The summed E-state index contributed by atoms with van der Waals surface area (Å²) in [6.07, 6.45) is 0. The Kier molecular flexibility index (Phi) is 5.00. The minimum Gasteiger partial charge on any atom is -0.496 e. The van der Waals surface area contributed by atoms with E-state index in [9.17, 15) is 10.5 Å². The molecule has 6 heteroatoms. The molecule has 0 fully saturated rings. The van der Waals surface area contributed by atoms with Crippen molar-refractivity contribution in [3.63, 3.8) is 0 Å². The van der Waals surface area contributed by atoms with Crippen LogP contribution in [0.1, 0.15) is 42.1 Å². The van der Waals surface area contributed by atoms with Crippen LogP contribution < -0.4 is 14.8 Å². The monoisotopic (exact) mass is 360 g/mol. The molecule has 2 heterocycles. The summed E-state index contributed by atoms with van der Waals surface area (Å²) in [5.74, 6) is 0.649. The number of hydrogen-bond acceptors (Lipinski definition) is 6. The summed E-state index contributed by atoms with van der Waals surface area (Å²) in [6, 6.07) is 11.6. The van der Waals surface area contributed by atoms with E-state index < -0.39 is 5.92 Å². The number of aryl methyl sites for hydroxylation is 1. The number of methoxy groups -OCH3 is 1. The van der Waals surface area contributed by atoms with E-state index in [2.05, 4.69) is 22.4 Å². The lowest BCUT2D eigenvalue weighted by Crippen LogP contribution is -2.20. The van der Waals surface area contributed by atoms with Crippen molar-refractivity contribution in [3.8, 4) is 23.8 Å². The molecule has 0 spiro atoms. The predicted molar refractivity (Wildman–Crippen MR) is 102 cm³/mol. The Morgan fingerprint density at radius 3 is 2.59 bits per heavy atom. The SMILES string of the molecule is CCOc1nc(C)cc2c1C(c1ccc(C#N)cc1OC)C(C#N)=C(C)N2. The number of nitriles is 2. The molecule has 0 aliphatic carbocycles. The van der Waals surface area contributed by atoms with Gasteiger partial charge in [0, 0.05) is 22.6 Å². The van der Waals surface area contributed by atoms with Gasteiger partial charge in [-0.3, -0.25) is 0 Å². The zero-order valence-corrected chi connectivity index (χ0v) is 15.8. The highest BCUT2D eigenvalue weighted by Gasteiger charge is 2.34. The van der Waals surface area contributed by atoms with Crippen LogP contribution >= 0.6 is 0 Å². The topological polar surface area (TPSA) is 91.0 Å². The predicted octanol–water partition coefficient (Wildman–Crippen LogP) is 4.02. The van der Waals surface area contributed by atoms with Crippen molar-refractivity contribution in [3.05, 3.63) is 57.9 Å². The highest BCUT2D eigenvalue weighted by molar-refractivity contribution is 5.71. The quantitative estimate of drug-likeness (QED) is 0.885. The van der Waals surface area contributed by atoms with Crippen molar-refractivity contribution in [1.82, 2.24) is 4.98 Å². The maximum absolute atomic E-state index is 9.86. The van der Waals surface area contributed by atoms with Crippen LogP contribution in [0.3, 0.4) is 0 Å². The Labute approximate surface area is 158 Å². The number of allylic oxidation sites excluding steroid dienone is 2. The first-order valence-electron chi connectivity index (χ1n) is 8.64. The number of pyridine rings is 1. The molecule has 1 aromatic heterocycles. The molecule has 0 bridgehead atoms. The lowest BCUT2D eigenvalue weighted by Gasteiger charge is -2.30. The minimum atomic E-state index is -0.399. The molecule has 1 aliphatic heterocycles. The number of anilines is 1. The molecular weight excluding hydrogens is 340 g/mol. The molecular formula is C21H20N4O2. The van der Waals surface area contributed by atoms with Crippen LogP contribution in [-0.4, -0.2) is 18.7 Å². The summed E-state index contributed by atoms with van der Waals surface area (Å²) in [6.45, 7) is 6.14. The Hall–Kier alpha value is -3.51. The zero-order chi connectivity index (χ0) is 19.6. The largest absolute Gasteiger partial charge is 0.496 e. The summed E-state index contributed by atoms with van der Waals surface area (Å²) >= 11 is 0. The smallest absolute Gasteiger partial charge is 0.219 e. The van der Waals surface area contributed by atoms with E-state index in [0.29, 0.717) is 29.4 Å². The normalized spacial score (nSPS) is 15.3. The Balaban J connectivity index is 2.33. The Bertz CT molecular complexity index is 1010. The van der Waals surface area contributed by atoms with E-state index in [1.54, 1.807) is 19.2 Å². The van der Waals surface area contributed by atoms with Gasteiger partial charge in [-0.1, -0.05) is 6.07 Å². The van der Waals surface area contributed by atoms with E-state index in [1.807, 2.05) is 32.9 Å². The zero-order valence-electron chi connectivity index (χ0n) is 15.8. The molecule has 0 saturated carbocycles. The van der Waals surface area contributed by atoms with Gasteiger partial charge in [0.05, 0.1) is 48.5 Å². The third-order valence-corrected chi connectivity index (χ3v) is 4.53. The van der Waals surface area contributed by atoms with Crippen molar-refractivity contribution >= 4 is 5.69 Å². The number of hydrogen-bond donors (Lipinski definition) is 1. The van der Waals surface area contributed by atoms with Crippen molar-refractivity contribution in [1.29, 1.82) is 10.5 Å². The summed E-state index contributed by atoms with van der Waals surface area (Å²) < 4.78 is 11.4. The van der Waals surface area contributed by atoms with Crippen LogP contribution in [0.5, 0.6) is 11.6 Å². The highest BCUT2D eigenvalue weighted by Crippen LogP contribution is 2.47. The molecule has 1 aromatic carbocycles. The van der Waals surface area contributed by atoms with Gasteiger partial charge in [-0.05, 0) is 39.0 Å². The van der Waals surface area contributed by atoms with Gasteiger partial charge in [0.2, 0.25) is 5.88 Å². The van der Waals surface area contributed by atoms with E-state index in [0.717, 1.165) is 28.2 Å². The average molecular weight is 360 g/mol. The fourth-order valence-electron chi connectivity index (χ4n) is 3.39. The molecule has 6 nitrogen and oxygen atoms in total. The number of nitrogens with zero attached hydrogens (tertiary/aromatic N) is 3. The second-order valence-electron chi connectivity index (χ2n) is 6.24. The van der Waals surface area contributed by atoms with Gasteiger partial charge >= 0.3 is 0 Å². The molecule has 0 amide bonds. The lowest BCUT2D eigenvalue weighted by molar-refractivity contribution is 0.321. The van der Waals surface area contributed by atoms with E-state index in [-0.39, 0.29) is 0 Å². The second kappa shape index (κ2) is 7.39. The number of aromatic nitrogens is 1. The van der Waals surface area contributed by atoms with Crippen LogP contribution in [-0.2, 0) is 0 Å². The van der Waals surface area contributed by atoms with Gasteiger partial charge < -0.3 is 14.8 Å². The number of rotatable bonds is 4. The molecule has 0 radical (unpaired) electrons. The lowest BCUT2D eigenvalue weighted by atomic mass is 9.81. The maximum atomic E-state index is 9.86. The maximum Gasteiger partial charge on any atom is 0.219 e. The fraction of sp³-hybridized carbons (Fsp3) is 0.286. The van der Waals surface area contributed by atoms with Gasteiger partial charge in [0.15, 0.2) is 0 Å². The molecule has 3 rings (SSSR count).